The van der Waals surface area contributed by atoms with Crippen LogP contribution in [0.1, 0.15) is 58.3 Å². The molecule has 1 nitrogen and oxygen atoms in total. The highest BCUT2D eigenvalue weighted by molar-refractivity contribution is 5.21. The molecule has 0 N–H and O–H groups in total. The summed E-state index contributed by atoms with van der Waals surface area (Å²) in [5.74, 6) is 0.931. The van der Waals surface area contributed by atoms with Crippen molar-refractivity contribution in [2.75, 3.05) is 0 Å². The van der Waals surface area contributed by atoms with E-state index in [0.717, 1.165) is 12.2 Å². The standard InChI is InChI=1S/C17H27O/c1-3-4-5-6-7-8-10-13-16(2)18-17-14-11-9-12-15-17/h9,11-12,14-16H,2-8,10,13H2,1H3. The Hall–Kier alpha value is -0.980. The SMILES string of the molecule is [CH2]C(CCCCCCCCC)Oc1ccccc1. The normalized spacial score (nSPS) is 12.3. The second-order valence-electron chi connectivity index (χ2n) is 4.96. The summed E-state index contributed by atoms with van der Waals surface area (Å²) >= 11 is 0. The molecule has 1 radical (unpaired) electrons. The van der Waals surface area contributed by atoms with Crippen LogP contribution >= 0.6 is 0 Å². The van der Waals surface area contributed by atoms with Gasteiger partial charge in [-0.2, -0.15) is 0 Å². The Morgan fingerprint density at radius 3 is 2.22 bits per heavy atom. The van der Waals surface area contributed by atoms with Gasteiger partial charge in [-0.1, -0.05) is 63.6 Å². The van der Waals surface area contributed by atoms with E-state index < -0.39 is 0 Å². The molecule has 0 bridgehead atoms. The van der Waals surface area contributed by atoms with Crippen molar-refractivity contribution in [2.45, 2.75) is 64.4 Å². The first-order valence-electron chi connectivity index (χ1n) is 7.37. The Bertz CT molecular complexity index is 281. The highest BCUT2D eigenvalue weighted by Gasteiger charge is 2.03. The summed E-state index contributed by atoms with van der Waals surface area (Å²) in [6.45, 7) is 6.32. The molecule has 1 rings (SSSR count). The summed E-state index contributed by atoms with van der Waals surface area (Å²) in [5.41, 5.74) is 0. The number of hydrogen-bond acceptors (Lipinski definition) is 1. The molecule has 1 heteroatoms. The van der Waals surface area contributed by atoms with Gasteiger partial charge in [0.2, 0.25) is 0 Å². The summed E-state index contributed by atoms with van der Waals surface area (Å²) < 4.78 is 5.75. The van der Waals surface area contributed by atoms with Crippen LogP contribution in [0.25, 0.3) is 0 Å². The van der Waals surface area contributed by atoms with E-state index in [-0.39, 0.29) is 6.10 Å². The maximum absolute atomic E-state index is 5.75. The summed E-state index contributed by atoms with van der Waals surface area (Å²) in [7, 11) is 0. The molecule has 1 aromatic rings. The maximum atomic E-state index is 5.75. The van der Waals surface area contributed by atoms with Crippen LogP contribution in [0.4, 0.5) is 0 Å². The van der Waals surface area contributed by atoms with Crippen LogP contribution in [0.5, 0.6) is 5.75 Å². The monoisotopic (exact) mass is 247 g/mol. The number of rotatable bonds is 10. The molecule has 18 heavy (non-hydrogen) atoms. The average molecular weight is 247 g/mol. The number of ether oxygens (including phenoxy) is 1. The third-order valence-corrected chi connectivity index (χ3v) is 3.18. The predicted molar refractivity (Wildman–Crippen MR) is 78.8 cm³/mol. The van der Waals surface area contributed by atoms with Gasteiger partial charge in [-0.15, -0.1) is 0 Å². The van der Waals surface area contributed by atoms with Crippen molar-refractivity contribution >= 4 is 0 Å². The Morgan fingerprint density at radius 1 is 0.944 bits per heavy atom. The van der Waals surface area contributed by atoms with E-state index in [2.05, 4.69) is 13.8 Å². The zero-order valence-corrected chi connectivity index (χ0v) is 11.7. The maximum Gasteiger partial charge on any atom is 0.119 e. The second-order valence-corrected chi connectivity index (χ2v) is 4.96. The Balaban J connectivity index is 1.99. The second kappa shape index (κ2) is 9.99. The highest BCUT2D eigenvalue weighted by Crippen LogP contribution is 2.15. The lowest BCUT2D eigenvalue weighted by atomic mass is 10.1. The van der Waals surface area contributed by atoms with E-state index in [9.17, 15) is 0 Å². The molecule has 0 aromatic heterocycles. The minimum absolute atomic E-state index is 0.0861. The first-order valence-corrected chi connectivity index (χ1v) is 7.37. The van der Waals surface area contributed by atoms with Gasteiger partial charge in [0.05, 0.1) is 6.10 Å². The molecule has 0 saturated carbocycles. The molecule has 0 heterocycles. The Kier molecular flexibility index (Phi) is 8.37. The molecule has 101 valence electrons. The number of para-hydroxylation sites is 1. The fourth-order valence-corrected chi connectivity index (χ4v) is 2.08. The summed E-state index contributed by atoms with van der Waals surface area (Å²) in [4.78, 5) is 0. The van der Waals surface area contributed by atoms with Crippen molar-refractivity contribution in [3.05, 3.63) is 37.3 Å². The fourth-order valence-electron chi connectivity index (χ4n) is 2.08. The van der Waals surface area contributed by atoms with Gasteiger partial charge in [-0.3, -0.25) is 0 Å². The third kappa shape index (κ3) is 7.37. The summed E-state index contributed by atoms with van der Waals surface area (Å²) in [6.07, 6.45) is 10.5. The van der Waals surface area contributed by atoms with E-state index in [4.69, 9.17) is 4.74 Å². The molecule has 0 aliphatic carbocycles. The molecule has 0 amide bonds. The van der Waals surface area contributed by atoms with E-state index in [1.54, 1.807) is 0 Å². The average Bonchev–Trinajstić information content (AvgIpc) is 2.39. The lowest BCUT2D eigenvalue weighted by molar-refractivity contribution is 0.231. The molecular formula is C17H27O. The van der Waals surface area contributed by atoms with Crippen molar-refractivity contribution in [1.82, 2.24) is 0 Å². The van der Waals surface area contributed by atoms with Gasteiger partial charge in [0, 0.05) is 0 Å². The molecule has 0 spiro atoms. The number of hydrogen-bond donors (Lipinski definition) is 0. The fraction of sp³-hybridized carbons (Fsp3) is 0.588. The highest BCUT2D eigenvalue weighted by atomic mass is 16.5. The van der Waals surface area contributed by atoms with Crippen LogP contribution in [-0.2, 0) is 0 Å². The van der Waals surface area contributed by atoms with Gasteiger partial charge in [-0.05, 0) is 31.9 Å². The molecule has 1 aromatic carbocycles. The third-order valence-electron chi connectivity index (χ3n) is 3.18. The number of unbranched alkanes of at least 4 members (excludes halogenated alkanes) is 6. The van der Waals surface area contributed by atoms with Crippen LogP contribution in [0.3, 0.4) is 0 Å². The van der Waals surface area contributed by atoms with Gasteiger partial charge in [-0.25, -0.2) is 0 Å². The van der Waals surface area contributed by atoms with Crippen molar-refractivity contribution < 1.29 is 4.74 Å². The first kappa shape index (κ1) is 15.1. The van der Waals surface area contributed by atoms with Crippen molar-refractivity contribution in [2.24, 2.45) is 0 Å². The van der Waals surface area contributed by atoms with E-state index in [1.807, 2.05) is 30.3 Å². The first-order chi connectivity index (χ1) is 8.83. The topological polar surface area (TPSA) is 9.23 Å². The lowest BCUT2D eigenvalue weighted by Crippen LogP contribution is -2.11. The van der Waals surface area contributed by atoms with Gasteiger partial charge < -0.3 is 4.74 Å². The smallest absolute Gasteiger partial charge is 0.119 e. The van der Waals surface area contributed by atoms with E-state index in [1.165, 1.54) is 44.9 Å². The van der Waals surface area contributed by atoms with Gasteiger partial charge >= 0.3 is 0 Å². The molecule has 0 fully saturated rings. The van der Waals surface area contributed by atoms with Gasteiger partial charge in [0.1, 0.15) is 5.75 Å². The largest absolute Gasteiger partial charge is 0.490 e. The molecule has 0 aliphatic heterocycles. The van der Waals surface area contributed by atoms with Crippen molar-refractivity contribution in [1.29, 1.82) is 0 Å². The van der Waals surface area contributed by atoms with Crippen molar-refractivity contribution in [3.8, 4) is 5.75 Å². The Morgan fingerprint density at radius 2 is 1.56 bits per heavy atom. The summed E-state index contributed by atoms with van der Waals surface area (Å²) in [5, 5.41) is 0. The van der Waals surface area contributed by atoms with Crippen LogP contribution in [0.2, 0.25) is 0 Å². The molecule has 0 saturated heterocycles. The quantitative estimate of drug-likeness (QED) is 0.502. The molecule has 1 atom stereocenters. The van der Waals surface area contributed by atoms with Crippen LogP contribution < -0.4 is 4.74 Å². The number of benzene rings is 1. The predicted octanol–water partition coefficient (Wildman–Crippen LogP) is 5.41. The Labute approximate surface area is 113 Å². The van der Waals surface area contributed by atoms with E-state index >= 15 is 0 Å². The molecular weight excluding hydrogens is 220 g/mol. The summed E-state index contributed by atoms with van der Waals surface area (Å²) in [6, 6.07) is 9.97. The minimum atomic E-state index is 0.0861. The lowest BCUT2D eigenvalue weighted by Gasteiger charge is -2.14. The molecule has 1 unspecified atom stereocenters. The van der Waals surface area contributed by atoms with E-state index in [0.29, 0.717) is 0 Å². The van der Waals surface area contributed by atoms with Crippen molar-refractivity contribution in [3.63, 3.8) is 0 Å². The van der Waals surface area contributed by atoms with Crippen LogP contribution in [-0.4, -0.2) is 6.10 Å². The molecule has 0 aliphatic rings. The van der Waals surface area contributed by atoms with Crippen LogP contribution in [0, 0.1) is 6.92 Å². The zero-order chi connectivity index (χ0) is 13.1. The van der Waals surface area contributed by atoms with Crippen LogP contribution in [0.15, 0.2) is 30.3 Å². The minimum Gasteiger partial charge on any atom is -0.490 e. The zero-order valence-electron chi connectivity index (χ0n) is 11.7. The van der Waals surface area contributed by atoms with Gasteiger partial charge in [0.15, 0.2) is 0 Å². The van der Waals surface area contributed by atoms with Gasteiger partial charge in [0.25, 0.3) is 0 Å².